The van der Waals surface area contributed by atoms with E-state index in [1.54, 1.807) is 23.1 Å². The predicted octanol–water partition coefficient (Wildman–Crippen LogP) is 8.13. The number of carbonyl (C=O) groups is 1. The van der Waals surface area contributed by atoms with Gasteiger partial charge in [0.1, 0.15) is 18.8 Å². The number of aliphatic hydroxyl groups excluding tert-OH is 1. The Labute approximate surface area is 226 Å². The molecule has 0 fully saturated rings. The average Bonchev–Trinajstić information content (AvgIpc) is 3.56. The van der Waals surface area contributed by atoms with Crippen LogP contribution in [0.2, 0.25) is 0 Å². The molecule has 36 heavy (non-hydrogen) atoms. The summed E-state index contributed by atoms with van der Waals surface area (Å²) in [5, 5.41) is 13.2. The highest BCUT2D eigenvalue weighted by Gasteiger charge is 2.33. The van der Waals surface area contributed by atoms with Gasteiger partial charge in [-0.15, -0.1) is 11.3 Å². The maximum Gasteiger partial charge on any atom is 0.239 e. The van der Waals surface area contributed by atoms with Crippen LogP contribution in [0.1, 0.15) is 83.9 Å². The van der Waals surface area contributed by atoms with Gasteiger partial charge in [-0.2, -0.15) is 0 Å². The number of aliphatic hydroxyl groups is 1. The topological polar surface area (TPSA) is 43.5 Å². The molecule has 0 spiro atoms. The molecule has 0 saturated carbocycles. The van der Waals surface area contributed by atoms with Gasteiger partial charge >= 0.3 is 0 Å². The second-order valence-corrected chi connectivity index (χ2v) is 11.7. The summed E-state index contributed by atoms with van der Waals surface area (Å²) < 4.78 is 2.45. The highest BCUT2D eigenvalue weighted by Crippen LogP contribution is 2.37. The van der Waals surface area contributed by atoms with Crippen LogP contribution < -0.4 is 4.90 Å². The van der Waals surface area contributed by atoms with Crippen LogP contribution in [0.3, 0.4) is 0 Å². The number of rotatable bonds is 15. The highest BCUT2D eigenvalue weighted by atomic mass is 32.2. The Bertz CT molecular complexity index is 1040. The molecule has 4 nitrogen and oxygen atoms in total. The lowest BCUT2D eigenvalue weighted by molar-refractivity contribution is -0.525. The maximum atomic E-state index is 12.9. The van der Waals surface area contributed by atoms with Crippen LogP contribution >= 0.6 is 23.1 Å². The third-order valence-electron chi connectivity index (χ3n) is 6.55. The van der Waals surface area contributed by atoms with Gasteiger partial charge in [0.05, 0.1) is 16.1 Å². The van der Waals surface area contributed by atoms with E-state index < -0.39 is 0 Å². The molecule has 1 aliphatic carbocycles. The van der Waals surface area contributed by atoms with Gasteiger partial charge in [-0.3, -0.25) is 4.79 Å². The molecular weight excluding hydrogens is 484 g/mol. The SMILES string of the molecule is CCCCN(CCCC)c1ccc(C=C2C(=O)C(C=C3C=CC(=[N+](CCCC)CCCC)S3)=C2O)s1. The fourth-order valence-corrected chi connectivity index (χ4v) is 6.24. The average molecular weight is 528 g/mol. The number of ketones is 1. The lowest BCUT2D eigenvalue weighted by Crippen LogP contribution is -2.24. The van der Waals surface area contributed by atoms with Crippen molar-refractivity contribution < 1.29 is 14.5 Å². The zero-order chi connectivity index (χ0) is 25.9. The Morgan fingerprint density at radius 2 is 1.53 bits per heavy atom. The van der Waals surface area contributed by atoms with E-state index in [1.165, 1.54) is 61.4 Å². The van der Waals surface area contributed by atoms with Crippen molar-refractivity contribution in [2.75, 3.05) is 31.1 Å². The van der Waals surface area contributed by atoms with Crippen LogP contribution in [-0.4, -0.2) is 46.7 Å². The molecule has 2 aliphatic rings. The van der Waals surface area contributed by atoms with Gasteiger partial charge in [0.25, 0.3) is 0 Å². The van der Waals surface area contributed by atoms with E-state index in [-0.39, 0.29) is 11.5 Å². The molecule has 1 N–H and O–H groups in total. The van der Waals surface area contributed by atoms with Gasteiger partial charge in [-0.1, -0.05) is 53.4 Å². The lowest BCUT2D eigenvalue weighted by atomic mass is 9.87. The number of nitrogens with zero attached hydrogens (tertiary/aromatic N) is 2. The van der Waals surface area contributed by atoms with E-state index in [9.17, 15) is 9.90 Å². The molecule has 1 aromatic rings. The third kappa shape index (κ3) is 7.48. The number of hydrogen-bond acceptors (Lipinski definition) is 5. The van der Waals surface area contributed by atoms with Crippen molar-refractivity contribution in [2.24, 2.45) is 0 Å². The largest absolute Gasteiger partial charge is 0.506 e. The Balaban J connectivity index is 1.72. The van der Waals surface area contributed by atoms with Gasteiger partial charge in [0.15, 0.2) is 0 Å². The number of allylic oxidation sites excluding steroid dienone is 4. The first kappa shape index (κ1) is 28.5. The van der Waals surface area contributed by atoms with Gasteiger partial charge in [-0.25, -0.2) is 4.58 Å². The summed E-state index contributed by atoms with van der Waals surface area (Å²) in [4.78, 5) is 17.4. The monoisotopic (exact) mass is 527 g/mol. The minimum absolute atomic E-state index is 0.0694. The van der Waals surface area contributed by atoms with Crippen LogP contribution in [0.5, 0.6) is 0 Å². The first-order chi connectivity index (χ1) is 17.5. The van der Waals surface area contributed by atoms with E-state index in [1.807, 2.05) is 12.2 Å². The summed E-state index contributed by atoms with van der Waals surface area (Å²) in [5.41, 5.74) is 0.847. The van der Waals surface area contributed by atoms with Crippen LogP contribution in [0.15, 0.2) is 52.2 Å². The maximum absolute atomic E-state index is 12.9. The van der Waals surface area contributed by atoms with Crippen molar-refractivity contribution >= 4 is 45.0 Å². The molecule has 3 rings (SSSR count). The molecule has 0 radical (unpaired) electrons. The number of unbranched alkanes of at least 4 members (excludes halogenated alkanes) is 4. The third-order valence-corrected chi connectivity index (χ3v) is 8.73. The van der Waals surface area contributed by atoms with E-state index in [0.717, 1.165) is 36.0 Å². The zero-order valence-electron chi connectivity index (χ0n) is 22.5. The van der Waals surface area contributed by atoms with Gasteiger partial charge < -0.3 is 10.0 Å². The molecule has 0 amide bonds. The predicted molar refractivity (Wildman–Crippen MR) is 159 cm³/mol. The number of anilines is 1. The second kappa shape index (κ2) is 14.6. The standard InChI is InChI=1S/C30H42N2O2S2/c1-5-9-17-31(18-10-6-2)27-15-13-23(35-27)21-25-29(33)26(30(25)34)22-24-14-16-28(36-24)32(19-11-7-3)20-12-8-4/h13-16,21-22H,5-12,17-20H2,1-4H3/p+1. The van der Waals surface area contributed by atoms with E-state index >= 15 is 0 Å². The van der Waals surface area contributed by atoms with Crippen molar-refractivity contribution in [1.29, 1.82) is 0 Å². The lowest BCUT2D eigenvalue weighted by Gasteiger charge is -2.22. The molecular formula is C30H43N2O2S2+. The molecule has 0 atom stereocenters. The number of thiophene rings is 1. The first-order valence-corrected chi connectivity index (χ1v) is 15.4. The Morgan fingerprint density at radius 3 is 2.11 bits per heavy atom. The second-order valence-electron chi connectivity index (χ2n) is 9.53. The van der Waals surface area contributed by atoms with Crippen molar-refractivity contribution in [3.05, 3.63) is 57.0 Å². The van der Waals surface area contributed by atoms with Gasteiger partial charge in [0.2, 0.25) is 10.8 Å². The summed E-state index contributed by atoms with van der Waals surface area (Å²) in [7, 11) is 0. The van der Waals surface area contributed by atoms with Crippen LogP contribution in [0.25, 0.3) is 6.08 Å². The molecule has 0 aromatic carbocycles. The van der Waals surface area contributed by atoms with Crippen molar-refractivity contribution in [3.63, 3.8) is 0 Å². The molecule has 2 heterocycles. The van der Waals surface area contributed by atoms with Crippen LogP contribution in [0.4, 0.5) is 5.00 Å². The normalized spacial score (nSPS) is 17.6. The Kier molecular flexibility index (Phi) is 11.6. The zero-order valence-corrected chi connectivity index (χ0v) is 24.1. The first-order valence-electron chi connectivity index (χ1n) is 13.8. The summed E-state index contributed by atoms with van der Waals surface area (Å²) in [5.74, 6) is 0.0487. The smallest absolute Gasteiger partial charge is 0.239 e. The quantitative estimate of drug-likeness (QED) is 0.185. The van der Waals surface area contributed by atoms with Crippen molar-refractivity contribution in [1.82, 2.24) is 0 Å². The fraction of sp³-hybridized carbons (Fsp3) is 0.533. The number of thioether (sulfide) groups is 1. The summed E-state index contributed by atoms with van der Waals surface area (Å²) in [6.45, 7) is 13.1. The minimum atomic E-state index is -0.0694. The molecule has 196 valence electrons. The van der Waals surface area contributed by atoms with E-state index in [0.29, 0.717) is 11.1 Å². The van der Waals surface area contributed by atoms with Crippen LogP contribution in [0, 0.1) is 0 Å². The highest BCUT2D eigenvalue weighted by molar-refractivity contribution is 8.18. The Morgan fingerprint density at radius 1 is 0.889 bits per heavy atom. The van der Waals surface area contributed by atoms with Crippen molar-refractivity contribution in [2.45, 2.75) is 79.1 Å². The Hall–Kier alpha value is -2.05. The summed E-state index contributed by atoms with van der Waals surface area (Å²) >= 11 is 3.40. The fourth-order valence-electron chi connectivity index (χ4n) is 4.23. The summed E-state index contributed by atoms with van der Waals surface area (Å²) in [6.07, 6.45) is 17.3. The van der Waals surface area contributed by atoms with E-state index in [4.69, 9.17) is 0 Å². The molecule has 6 heteroatoms. The number of carbonyl (C=O) groups excluding carboxylic acids is 1. The molecule has 0 unspecified atom stereocenters. The van der Waals surface area contributed by atoms with Gasteiger partial charge in [0, 0.05) is 41.8 Å². The van der Waals surface area contributed by atoms with Crippen LogP contribution in [-0.2, 0) is 4.79 Å². The molecule has 0 bridgehead atoms. The van der Waals surface area contributed by atoms with Gasteiger partial charge in [-0.05, 0) is 55.0 Å². The number of hydrogen-bond donors (Lipinski definition) is 1. The summed E-state index contributed by atoms with van der Waals surface area (Å²) in [6, 6.07) is 4.21. The minimum Gasteiger partial charge on any atom is -0.506 e. The van der Waals surface area contributed by atoms with E-state index in [2.05, 4.69) is 61.5 Å². The molecule has 1 aromatic heterocycles. The number of Topliss-reactive ketones (excluding diaryl/α,β-unsaturated/α-hetero) is 1. The van der Waals surface area contributed by atoms with Crippen molar-refractivity contribution in [3.8, 4) is 0 Å². The molecule has 0 saturated heterocycles. The molecule has 1 aliphatic heterocycles.